The van der Waals surface area contributed by atoms with E-state index in [4.69, 9.17) is 0 Å². The Kier molecular flexibility index (Phi) is 4.20. The van der Waals surface area contributed by atoms with Crippen molar-refractivity contribution in [3.05, 3.63) is 103 Å². The lowest BCUT2D eigenvalue weighted by molar-refractivity contribution is 0.582. The van der Waals surface area contributed by atoms with Crippen molar-refractivity contribution in [2.75, 3.05) is 4.90 Å². The maximum atomic E-state index is 13.6. The van der Waals surface area contributed by atoms with Crippen molar-refractivity contribution in [1.29, 1.82) is 0 Å². The van der Waals surface area contributed by atoms with Crippen LogP contribution in [0.3, 0.4) is 0 Å². The van der Waals surface area contributed by atoms with Gasteiger partial charge >= 0.3 is 0 Å². The van der Waals surface area contributed by atoms with E-state index in [-0.39, 0.29) is 0 Å². The molecule has 0 aromatic heterocycles. The summed E-state index contributed by atoms with van der Waals surface area (Å²) in [5, 5.41) is 0. The average molecular weight is 307 g/mol. The molecule has 0 saturated heterocycles. The van der Waals surface area contributed by atoms with Crippen LogP contribution in [-0.2, 0) is 0 Å². The third kappa shape index (κ3) is 3.29. The molecule has 0 heterocycles. The van der Waals surface area contributed by atoms with Crippen molar-refractivity contribution in [2.24, 2.45) is 0 Å². The molecule has 0 aliphatic carbocycles. The summed E-state index contributed by atoms with van der Waals surface area (Å²) in [7, 11) is 0. The number of hydrogen-bond acceptors (Lipinski definition) is 1. The summed E-state index contributed by atoms with van der Waals surface area (Å²) in [6.45, 7) is 4.05. The zero-order valence-electron chi connectivity index (χ0n) is 12.4. The maximum Gasteiger partial charge on any atom is 0.126 e. The molecule has 3 heteroatoms. The highest BCUT2D eigenvalue weighted by Crippen LogP contribution is 2.33. The van der Waals surface area contributed by atoms with Crippen molar-refractivity contribution >= 4 is 17.1 Å². The van der Waals surface area contributed by atoms with Crippen molar-refractivity contribution in [3.8, 4) is 0 Å². The Morgan fingerprint density at radius 1 is 0.696 bits per heavy atom. The van der Waals surface area contributed by atoms with Crippen LogP contribution in [0.25, 0.3) is 5.70 Å². The number of nitrogens with zero attached hydrogens (tertiary/aromatic N) is 1. The number of hydrogen-bond donors (Lipinski definition) is 0. The lowest BCUT2D eigenvalue weighted by atomic mass is 10.1. The quantitative estimate of drug-likeness (QED) is 0.591. The van der Waals surface area contributed by atoms with Gasteiger partial charge in [0.1, 0.15) is 11.6 Å². The van der Waals surface area contributed by atoms with Gasteiger partial charge in [-0.1, -0.05) is 43.0 Å². The van der Waals surface area contributed by atoms with E-state index in [0.29, 0.717) is 11.3 Å². The van der Waals surface area contributed by atoms with E-state index in [1.165, 1.54) is 12.1 Å². The molecule has 0 amide bonds. The topological polar surface area (TPSA) is 3.24 Å². The number of benzene rings is 3. The van der Waals surface area contributed by atoms with E-state index in [9.17, 15) is 8.78 Å². The van der Waals surface area contributed by atoms with Gasteiger partial charge in [-0.3, -0.25) is 0 Å². The number of anilines is 2. The van der Waals surface area contributed by atoms with Gasteiger partial charge < -0.3 is 4.90 Å². The van der Waals surface area contributed by atoms with E-state index >= 15 is 0 Å². The predicted octanol–water partition coefficient (Wildman–Crippen LogP) is 5.77. The summed E-state index contributed by atoms with van der Waals surface area (Å²) < 4.78 is 27.1. The van der Waals surface area contributed by atoms with Gasteiger partial charge in [0.2, 0.25) is 0 Å². The number of halogens is 2. The zero-order chi connectivity index (χ0) is 16.2. The highest BCUT2D eigenvalue weighted by Gasteiger charge is 2.15. The van der Waals surface area contributed by atoms with Crippen LogP contribution in [0, 0.1) is 11.6 Å². The van der Waals surface area contributed by atoms with Gasteiger partial charge in [0.05, 0.1) is 0 Å². The SMILES string of the molecule is C=C(c1cc(F)cc(F)c1)N(c1ccccc1)c1ccccc1. The molecule has 0 aliphatic heterocycles. The van der Waals surface area contributed by atoms with E-state index < -0.39 is 11.6 Å². The highest BCUT2D eigenvalue weighted by molar-refractivity contribution is 5.86. The number of rotatable bonds is 4. The molecule has 3 rings (SSSR count). The summed E-state index contributed by atoms with van der Waals surface area (Å²) in [4.78, 5) is 1.87. The molecule has 0 fully saturated rings. The van der Waals surface area contributed by atoms with Crippen LogP contribution in [-0.4, -0.2) is 0 Å². The van der Waals surface area contributed by atoms with E-state index in [1.807, 2.05) is 65.6 Å². The molecule has 0 unspecified atom stereocenters. The first-order chi connectivity index (χ1) is 11.1. The lowest BCUT2D eigenvalue weighted by Gasteiger charge is -2.27. The predicted molar refractivity (Wildman–Crippen MR) is 90.4 cm³/mol. The number of para-hydroxylation sites is 2. The molecular weight excluding hydrogens is 292 g/mol. The second-order valence-electron chi connectivity index (χ2n) is 5.11. The summed E-state index contributed by atoms with van der Waals surface area (Å²) >= 11 is 0. The van der Waals surface area contributed by atoms with Crippen molar-refractivity contribution in [3.63, 3.8) is 0 Å². The average Bonchev–Trinajstić information content (AvgIpc) is 2.56. The third-order valence-electron chi connectivity index (χ3n) is 3.49. The Labute approximate surface area is 134 Å². The molecule has 0 radical (unpaired) electrons. The summed E-state index contributed by atoms with van der Waals surface area (Å²) in [6.07, 6.45) is 0. The van der Waals surface area contributed by atoms with E-state index in [1.54, 1.807) is 0 Å². The molecule has 0 atom stereocenters. The van der Waals surface area contributed by atoms with Crippen LogP contribution in [0.4, 0.5) is 20.2 Å². The van der Waals surface area contributed by atoms with Gasteiger partial charge in [0.15, 0.2) is 0 Å². The molecule has 0 spiro atoms. The minimum Gasteiger partial charge on any atom is -0.310 e. The molecule has 114 valence electrons. The summed E-state index contributed by atoms with van der Waals surface area (Å²) in [5.74, 6) is -1.25. The van der Waals surface area contributed by atoms with Crippen LogP contribution in [0.5, 0.6) is 0 Å². The fourth-order valence-corrected chi connectivity index (χ4v) is 2.46. The first-order valence-electron chi connectivity index (χ1n) is 7.21. The summed E-state index contributed by atoms with van der Waals surface area (Å²) in [5.41, 5.74) is 2.64. The van der Waals surface area contributed by atoms with Gasteiger partial charge in [-0.2, -0.15) is 0 Å². The molecule has 0 bridgehead atoms. The zero-order valence-corrected chi connectivity index (χ0v) is 12.4. The fourth-order valence-electron chi connectivity index (χ4n) is 2.46. The molecule has 3 aromatic carbocycles. The van der Waals surface area contributed by atoms with Crippen molar-refractivity contribution in [1.82, 2.24) is 0 Å². The molecule has 0 aliphatic rings. The minimum absolute atomic E-state index is 0.398. The molecule has 23 heavy (non-hydrogen) atoms. The standard InChI is InChI=1S/C20H15F2N/c1-15(16-12-17(21)14-18(22)13-16)23(19-8-4-2-5-9-19)20-10-6-3-7-11-20/h2-14H,1H2. The Bertz CT molecular complexity index is 754. The second kappa shape index (κ2) is 6.44. The first-order valence-corrected chi connectivity index (χ1v) is 7.21. The fraction of sp³-hybridized carbons (Fsp3) is 0. The smallest absolute Gasteiger partial charge is 0.126 e. The molecule has 0 N–H and O–H groups in total. The van der Waals surface area contributed by atoms with Gasteiger partial charge in [-0.25, -0.2) is 8.78 Å². The van der Waals surface area contributed by atoms with Crippen molar-refractivity contribution < 1.29 is 8.78 Å². The lowest BCUT2D eigenvalue weighted by Crippen LogP contribution is -2.14. The monoisotopic (exact) mass is 307 g/mol. The highest BCUT2D eigenvalue weighted by atomic mass is 19.1. The molecule has 1 nitrogen and oxygen atoms in total. The Morgan fingerprint density at radius 3 is 1.57 bits per heavy atom. The maximum absolute atomic E-state index is 13.6. The molecule has 0 saturated carbocycles. The van der Waals surface area contributed by atoms with Crippen LogP contribution >= 0.6 is 0 Å². The van der Waals surface area contributed by atoms with Crippen LogP contribution in [0.15, 0.2) is 85.4 Å². The Balaban J connectivity index is 2.10. The largest absolute Gasteiger partial charge is 0.310 e. The Morgan fingerprint density at radius 2 is 1.13 bits per heavy atom. The van der Waals surface area contributed by atoms with Crippen molar-refractivity contribution in [2.45, 2.75) is 0 Å². The summed E-state index contributed by atoms with van der Waals surface area (Å²) in [6, 6.07) is 22.6. The van der Waals surface area contributed by atoms with E-state index in [0.717, 1.165) is 17.4 Å². The van der Waals surface area contributed by atoms with Gasteiger partial charge in [0.25, 0.3) is 0 Å². The molecule has 3 aromatic rings. The minimum atomic E-state index is -0.623. The molecular formula is C20H15F2N. The van der Waals surface area contributed by atoms with Gasteiger partial charge in [0, 0.05) is 28.7 Å². The van der Waals surface area contributed by atoms with Gasteiger partial charge in [-0.15, -0.1) is 0 Å². The van der Waals surface area contributed by atoms with Crippen LogP contribution < -0.4 is 4.90 Å². The third-order valence-corrected chi connectivity index (χ3v) is 3.49. The van der Waals surface area contributed by atoms with Gasteiger partial charge in [-0.05, 0) is 36.4 Å². The second-order valence-corrected chi connectivity index (χ2v) is 5.11. The van der Waals surface area contributed by atoms with E-state index in [2.05, 4.69) is 6.58 Å². The normalized spacial score (nSPS) is 10.3. The van der Waals surface area contributed by atoms with Crippen LogP contribution in [0.1, 0.15) is 5.56 Å². The Hall–Kier alpha value is -2.94. The van der Waals surface area contributed by atoms with Crippen LogP contribution in [0.2, 0.25) is 0 Å². The first kappa shape index (κ1) is 15.0.